The van der Waals surface area contributed by atoms with Crippen molar-refractivity contribution in [3.63, 3.8) is 0 Å². The second-order valence-electron chi connectivity index (χ2n) is 8.97. The number of nitrogens with zero attached hydrogens (tertiary/aromatic N) is 2. The van der Waals surface area contributed by atoms with Crippen molar-refractivity contribution >= 4 is 28.3 Å². The molecule has 5 rings (SSSR count). The predicted molar refractivity (Wildman–Crippen MR) is 140 cm³/mol. The number of hydrogen-bond donors (Lipinski definition) is 3. The molecule has 35 heavy (non-hydrogen) atoms. The van der Waals surface area contributed by atoms with Crippen LogP contribution in [0.1, 0.15) is 32.1 Å². The summed E-state index contributed by atoms with van der Waals surface area (Å²) in [6.07, 6.45) is 8.44. The van der Waals surface area contributed by atoms with Crippen LogP contribution in [0.4, 0.5) is 16.2 Å². The van der Waals surface area contributed by atoms with Crippen molar-refractivity contribution in [1.29, 1.82) is 0 Å². The SMILES string of the molecule is O=C(Nc1ccc(Oc2ccccc2)cc1)Nc1ccc2cn(CCCNC3CCCC3)nc2c1. The summed E-state index contributed by atoms with van der Waals surface area (Å²) in [5.74, 6) is 1.47. The van der Waals surface area contributed by atoms with Gasteiger partial charge in [0.15, 0.2) is 0 Å². The smallest absolute Gasteiger partial charge is 0.323 e. The number of amides is 2. The van der Waals surface area contributed by atoms with Crippen molar-refractivity contribution in [3.8, 4) is 11.5 Å². The number of anilines is 2. The third kappa shape index (κ3) is 6.39. The van der Waals surface area contributed by atoms with Crippen LogP contribution in [0.2, 0.25) is 0 Å². The molecule has 180 valence electrons. The molecule has 0 unspecified atom stereocenters. The number of ether oxygens (including phenoxy) is 1. The highest BCUT2D eigenvalue weighted by Gasteiger charge is 2.13. The van der Waals surface area contributed by atoms with Gasteiger partial charge in [0.2, 0.25) is 0 Å². The standard InChI is InChI=1S/C28H31N5O2/c34-28(30-23-13-15-26(16-14-23)35-25-9-2-1-3-10-25)31-24-12-11-21-20-33(32-27(21)19-24)18-6-17-29-22-7-4-5-8-22/h1-3,9-16,19-20,22,29H,4-8,17-18H2,(H2,30,31,34). The van der Waals surface area contributed by atoms with Crippen molar-refractivity contribution < 1.29 is 9.53 Å². The average Bonchev–Trinajstić information content (AvgIpc) is 3.53. The van der Waals surface area contributed by atoms with Gasteiger partial charge < -0.3 is 20.7 Å². The van der Waals surface area contributed by atoms with Gasteiger partial charge in [-0.25, -0.2) is 4.79 Å². The Labute approximate surface area is 205 Å². The van der Waals surface area contributed by atoms with E-state index >= 15 is 0 Å². The molecule has 1 fully saturated rings. The molecular formula is C28H31N5O2. The largest absolute Gasteiger partial charge is 0.457 e. The van der Waals surface area contributed by atoms with E-state index in [-0.39, 0.29) is 6.03 Å². The van der Waals surface area contributed by atoms with Crippen molar-refractivity contribution in [2.24, 2.45) is 0 Å². The number of hydrogen-bond acceptors (Lipinski definition) is 4. The summed E-state index contributed by atoms with van der Waals surface area (Å²) in [7, 11) is 0. The highest BCUT2D eigenvalue weighted by molar-refractivity contribution is 6.00. The van der Waals surface area contributed by atoms with Crippen LogP contribution in [-0.2, 0) is 6.54 Å². The lowest BCUT2D eigenvalue weighted by atomic mass is 10.2. The number of carbonyl (C=O) groups excluding carboxylic acids is 1. The van der Waals surface area contributed by atoms with Crippen LogP contribution in [0.5, 0.6) is 11.5 Å². The molecule has 3 N–H and O–H groups in total. The van der Waals surface area contributed by atoms with Crippen molar-refractivity contribution in [3.05, 3.63) is 79.0 Å². The van der Waals surface area contributed by atoms with Gasteiger partial charge in [-0.1, -0.05) is 31.0 Å². The summed E-state index contributed by atoms with van der Waals surface area (Å²) in [6, 6.07) is 23.0. The van der Waals surface area contributed by atoms with E-state index in [9.17, 15) is 4.79 Å². The normalized spacial score (nSPS) is 13.7. The van der Waals surface area contributed by atoms with Gasteiger partial charge in [0, 0.05) is 35.5 Å². The molecule has 1 aromatic heterocycles. The summed E-state index contributed by atoms with van der Waals surface area (Å²) < 4.78 is 7.78. The van der Waals surface area contributed by atoms with E-state index < -0.39 is 0 Å². The van der Waals surface area contributed by atoms with Gasteiger partial charge in [-0.2, -0.15) is 5.10 Å². The average molecular weight is 470 g/mol. The zero-order chi connectivity index (χ0) is 23.9. The number of benzene rings is 3. The summed E-state index contributed by atoms with van der Waals surface area (Å²) in [5.41, 5.74) is 2.25. The maximum atomic E-state index is 12.5. The van der Waals surface area contributed by atoms with Crippen molar-refractivity contribution in [1.82, 2.24) is 15.1 Å². The van der Waals surface area contributed by atoms with Crippen LogP contribution in [0, 0.1) is 0 Å². The number of para-hydroxylation sites is 1. The summed E-state index contributed by atoms with van der Waals surface area (Å²) >= 11 is 0. The monoisotopic (exact) mass is 469 g/mol. The summed E-state index contributed by atoms with van der Waals surface area (Å²) in [6.45, 7) is 1.90. The minimum Gasteiger partial charge on any atom is -0.457 e. The van der Waals surface area contributed by atoms with Crippen LogP contribution in [0.25, 0.3) is 10.9 Å². The third-order valence-corrected chi connectivity index (χ3v) is 6.26. The first-order valence-corrected chi connectivity index (χ1v) is 12.3. The molecule has 1 aliphatic rings. The topological polar surface area (TPSA) is 80.2 Å². The molecule has 4 aromatic rings. The second kappa shape index (κ2) is 11.1. The van der Waals surface area contributed by atoms with Crippen molar-refractivity contribution in [2.45, 2.75) is 44.7 Å². The van der Waals surface area contributed by atoms with E-state index in [4.69, 9.17) is 4.74 Å². The Kier molecular flexibility index (Phi) is 7.24. The number of fused-ring (bicyclic) bond motifs is 1. The van der Waals surface area contributed by atoms with Gasteiger partial charge in [0.25, 0.3) is 0 Å². The van der Waals surface area contributed by atoms with Crippen LogP contribution in [0.15, 0.2) is 79.0 Å². The van der Waals surface area contributed by atoms with Crippen LogP contribution < -0.4 is 20.7 Å². The first-order valence-electron chi connectivity index (χ1n) is 12.3. The van der Waals surface area contributed by atoms with Gasteiger partial charge in [0.1, 0.15) is 11.5 Å². The molecule has 1 heterocycles. The van der Waals surface area contributed by atoms with E-state index in [0.29, 0.717) is 23.2 Å². The molecule has 0 atom stereocenters. The fourth-order valence-corrected chi connectivity index (χ4v) is 4.46. The Morgan fingerprint density at radius 1 is 0.914 bits per heavy atom. The Morgan fingerprint density at radius 2 is 1.63 bits per heavy atom. The zero-order valence-electron chi connectivity index (χ0n) is 19.7. The number of urea groups is 1. The Balaban J connectivity index is 1.11. The molecule has 0 bridgehead atoms. The van der Waals surface area contributed by atoms with Gasteiger partial charge in [-0.15, -0.1) is 0 Å². The number of aromatic nitrogens is 2. The lowest BCUT2D eigenvalue weighted by Crippen LogP contribution is -2.27. The molecular weight excluding hydrogens is 438 g/mol. The van der Waals surface area contributed by atoms with Gasteiger partial charge in [0.05, 0.1) is 5.52 Å². The minimum atomic E-state index is -0.307. The van der Waals surface area contributed by atoms with Crippen molar-refractivity contribution in [2.75, 3.05) is 17.2 Å². The van der Waals surface area contributed by atoms with E-state index in [2.05, 4.69) is 27.2 Å². The Hall–Kier alpha value is -3.84. The van der Waals surface area contributed by atoms with Gasteiger partial charge in [-0.3, -0.25) is 4.68 Å². The lowest BCUT2D eigenvalue weighted by Gasteiger charge is -2.11. The van der Waals surface area contributed by atoms with E-state index in [1.165, 1.54) is 25.7 Å². The molecule has 0 aliphatic heterocycles. The van der Waals surface area contributed by atoms with Crippen LogP contribution in [0.3, 0.4) is 0 Å². The van der Waals surface area contributed by atoms with Crippen LogP contribution in [-0.4, -0.2) is 28.4 Å². The first-order chi connectivity index (χ1) is 17.2. The molecule has 7 heteroatoms. The zero-order valence-corrected chi connectivity index (χ0v) is 19.7. The first kappa shape index (κ1) is 22.9. The molecule has 7 nitrogen and oxygen atoms in total. The van der Waals surface area contributed by atoms with E-state index in [1.807, 2.05) is 77.5 Å². The third-order valence-electron chi connectivity index (χ3n) is 6.26. The van der Waals surface area contributed by atoms with E-state index in [1.54, 1.807) is 0 Å². The van der Waals surface area contributed by atoms with Gasteiger partial charge in [-0.05, 0) is 80.4 Å². The quantitative estimate of drug-likeness (QED) is 0.248. The Bertz CT molecular complexity index is 1250. The minimum absolute atomic E-state index is 0.307. The molecule has 0 spiro atoms. The molecule has 1 aliphatic carbocycles. The van der Waals surface area contributed by atoms with Gasteiger partial charge >= 0.3 is 6.03 Å². The lowest BCUT2D eigenvalue weighted by molar-refractivity contribution is 0.262. The summed E-state index contributed by atoms with van der Waals surface area (Å²) in [5, 5.41) is 15.1. The fourth-order valence-electron chi connectivity index (χ4n) is 4.46. The Morgan fingerprint density at radius 3 is 2.43 bits per heavy atom. The van der Waals surface area contributed by atoms with E-state index in [0.717, 1.165) is 36.2 Å². The highest BCUT2D eigenvalue weighted by Crippen LogP contribution is 2.23. The van der Waals surface area contributed by atoms with Crippen LogP contribution >= 0.6 is 0 Å². The molecule has 3 aromatic carbocycles. The highest BCUT2D eigenvalue weighted by atomic mass is 16.5. The number of nitrogens with one attached hydrogen (secondary N) is 3. The maximum Gasteiger partial charge on any atom is 0.323 e. The maximum absolute atomic E-state index is 12.5. The molecule has 0 saturated heterocycles. The fraction of sp³-hybridized carbons (Fsp3) is 0.286. The number of rotatable bonds is 9. The number of aryl methyl sites for hydroxylation is 1. The predicted octanol–water partition coefficient (Wildman–Crippen LogP) is 6.39. The number of carbonyl (C=O) groups is 1. The molecule has 2 amide bonds. The second-order valence-corrected chi connectivity index (χ2v) is 8.97. The summed E-state index contributed by atoms with van der Waals surface area (Å²) in [4.78, 5) is 12.5. The molecule has 1 saturated carbocycles. The molecule has 0 radical (unpaired) electrons.